The number of hydrogen-bond donors (Lipinski definition) is 0. The van der Waals surface area contributed by atoms with Gasteiger partial charge in [-0.25, -0.2) is 0 Å². The van der Waals surface area contributed by atoms with Crippen molar-refractivity contribution < 1.29 is 13.3 Å². The molecule has 0 bridgehead atoms. The molecule has 11 rings (SSSR count). The maximum Gasteiger partial charge on any atom is 0.143 e. The second-order valence-corrected chi connectivity index (χ2v) is 13.2. The molecular weight excluding hydrogens is 639 g/mol. The van der Waals surface area contributed by atoms with Crippen molar-refractivity contribution in [2.24, 2.45) is 0 Å². The summed E-state index contributed by atoms with van der Waals surface area (Å²) in [6.07, 6.45) is 0. The van der Waals surface area contributed by atoms with E-state index in [1.165, 1.54) is 0 Å². The summed E-state index contributed by atoms with van der Waals surface area (Å²) in [5, 5.41) is 6.51. The van der Waals surface area contributed by atoms with Gasteiger partial charge in [0.15, 0.2) is 0 Å². The van der Waals surface area contributed by atoms with Crippen molar-refractivity contribution in [1.82, 2.24) is 0 Å². The Hall–Kier alpha value is -7.04. The van der Waals surface area contributed by atoms with E-state index in [1.807, 2.05) is 24.3 Å². The van der Waals surface area contributed by atoms with Gasteiger partial charge in [0.1, 0.15) is 33.5 Å². The van der Waals surface area contributed by atoms with E-state index in [4.69, 9.17) is 13.3 Å². The van der Waals surface area contributed by atoms with E-state index < -0.39 is 0 Å². The first-order valence-corrected chi connectivity index (χ1v) is 17.5. The summed E-state index contributed by atoms with van der Waals surface area (Å²) in [5.74, 6) is 0. The highest BCUT2D eigenvalue weighted by Gasteiger charge is 2.20. The normalized spacial score (nSPS) is 11.8. The van der Waals surface area contributed by atoms with Crippen LogP contribution in [0.5, 0.6) is 0 Å². The van der Waals surface area contributed by atoms with E-state index in [0.29, 0.717) is 0 Å². The number of para-hydroxylation sites is 5. The summed E-state index contributed by atoms with van der Waals surface area (Å²) < 4.78 is 19.7. The number of furan rings is 3. The van der Waals surface area contributed by atoms with Crippen LogP contribution in [0.2, 0.25) is 0 Å². The number of fused-ring (bicyclic) bond motifs is 9. The highest BCUT2D eigenvalue weighted by Crippen LogP contribution is 2.45. The fraction of sp³-hybridized carbons (Fsp3) is 0. The lowest BCUT2D eigenvalue weighted by molar-refractivity contribution is 0.668. The molecule has 8 aromatic carbocycles. The molecule has 0 unspecified atom stereocenters. The van der Waals surface area contributed by atoms with E-state index in [9.17, 15) is 0 Å². The Labute approximate surface area is 298 Å². The molecular formula is C48H29NO3. The lowest BCUT2D eigenvalue weighted by Crippen LogP contribution is -2.09. The smallest absolute Gasteiger partial charge is 0.143 e. The van der Waals surface area contributed by atoms with Gasteiger partial charge in [0.05, 0.1) is 0 Å². The molecule has 0 amide bonds. The molecule has 0 atom stereocenters. The molecule has 0 spiro atoms. The lowest BCUT2D eigenvalue weighted by atomic mass is 9.96. The van der Waals surface area contributed by atoms with Gasteiger partial charge in [-0.2, -0.15) is 0 Å². The summed E-state index contributed by atoms with van der Waals surface area (Å²) in [5.41, 5.74) is 12.6. The Balaban J connectivity index is 1.05. The van der Waals surface area contributed by atoms with Crippen molar-refractivity contribution in [2.75, 3.05) is 4.90 Å². The predicted molar refractivity (Wildman–Crippen MR) is 214 cm³/mol. The number of rotatable bonds is 5. The van der Waals surface area contributed by atoms with E-state index in [-0.39, 0.29) is 0 Å². The largest absolute Gasteiger partial charge is 0.456 e. The van der Waals surface area contributed by atoms with Gasteiger partial charge in [0, 0.05) is 66.6 Å². The molecule has 0 aliphatic heterocycles. The maximum atomic E-state index is 6.72. The van der Waals surface area contributed by atoms with Crippen molar-refractivity contribution >= 4 is 82.9 Å². The Morgan fingerprint density at radius 3 is 1.73 bits per heavy atom. The van der Waals surface area contributed by atoms with Crippen LogP contribution in [0.3, 0.4) is 0 Å². The van der Waals surface area contributed by atoms with Crippen molar-refractivity contribution in [3.63, 3.8) is 0 Å². The molecule has 3 aromatic heterocycles. The van der Waals surface area contributed by atoms with Crippen LogP contribution < -0.4 is 4.90 Å². The average molecular weight is 668 g/mol. The van der Waals surface area contributed by atoms with Crippen LogP contribution in [0.25, 0.3) is 88.1 Å². The van der Waals surface area contributed by atoms with Crippen molar-refractivity contribution in [1.29, 1.82) is 0 Å². The minimum Gasteiger partial charge on any atom is -0.456 e. The molecule has 0 fully saturated rings. The van der Waals surface area contributed by atoms with Gasteiger partial charge < -0.3 is 18.2 Å². The van der Waals surface area contributed by atoms with Gasteiger partial charge in [0.2, 0.25) is 0 Å². The van der Waals surface area contributed by atoms with Crippen molar-refractivity contribution in [3.8, 4) is 22.3 Å². The van der Waals surface area contributed by atoms with Crippen LogP contribution in [0.15, 0.2) is 189 Å². The quantitative estimate of drug-likeness (QED) is 0.183. The average Bonchev–Trinajstić information content (AvgIpc) is 3.89. The Morgan fingerprint density at radius 1 is 0.308 bits per heavy atom. The number of hydrogen-bond acceptors (Lipinski definition) is 4. The first kappa shape index (κ1) is 28.8. The van der Waals surface area contributed by atoms with Crippen molar-refractivity contribution in [2.45, 2.75) is 0 Å². The molecule has 4 nitrogen and oxygen atoms in total. The number of benzene rings is 8. The zero-order chi connectivity index (χ0) is 34.2. The molecule has 0 saturated carbocycles. The Bertz CT molecular complexity index is 3090. The lowest BCUT2D eigenvalue weighted by Gasteiger charge is -2.25. The van der Waals surface area contributed by atoms with Crippen LogP contribution in [-0.4, -0.2) is 0 Å². The SMILES string of the molecule is c1ccc(N(c2ccccc2)c2ccc3c(c2)oc2ccc(-c4cccc5c4oc4cccc(-c6cccc7c6oc6ccccc67)c45)cc23)cc1. The van der Waals surface area contributed by atoms with Gasteiger partial charge in [-0.1, -0.05) is 109 Å². The van der Waals surface area contributed by atoms with Gasteiger partial charge in [-0.15, -0.1) is 0 Å². The first-order valence-electron chi connectivity index (χ1n) is 17.5. The minimum atomic E-state index is 0.841. The van der Waals surface area contributed by atoms with Crippen LogP contribution in [0.4, 0.5) is 17.1 Å². The second kappa shape index (κ2) is 11.2. The van der Waals surface area contributed by atoms with Crippen LogP contribution in [0, 0.1) is 0 Å². The highest BCUT2D eigenvalue weighted by molar-refractivity contribution is 6.19. The third kappa shape index (κ3) is 4.34. The topological polar surface area (TPSA) is 42.7 Å². The van der Waals surface area contributed by atoms with Crippen LogP contribution in [-0.2, 0) is 0 Å². The molecule has 11 aromatic rings. The molecule has 244 valence electrons. The maximum absolute atomic E-state index is 6.72. The van der Waals surface area contributed by atoms with Crippen molar-refractivity contribution in [3.05, 3.63) is 176 Å². The van der Waals surface area contributed by atoms with Gasteiger partial charge in [-0.3, -0.25) is 0 Å². The molecule has 4 heteroatoms. The fourth-order valence-electron chi connectivity index (χ4n) is 7.93. The Kier molecular flexibility index (Phi) is 6.22. The molecule has 0 N–H and O–H groups in total. The summed E-state index contributed by atoms with van der Waals surface area (Å²) in [4.78, 5) is 2.25. The third-order valence-corrected chi connectivity index (χ3v) is 10.3. The first-order chi connectivity index (χ1) is 25.8. The fourth-order valence-corrected chi connectivity index (χ4v) is 7.93. The summed E-state index contributed by atoms with van der Waals surface area (Å²) in [6, 6.07) is 61.1. The molecule has 0 aliphatic rings. The van der Waals surface area contributed by atoms with Gasteiger partial charge in [-0.05, 0) is 71.8 Å². The van der Waals surface area contributed by atoms with Crippen LogP contribution in [0.1, 0.15) is 0 Å². The third-order valence-electron chi connectivity index (χ3n) is 10.3. The molecule has 3 heterocycles. The van der Waals surface area contributed by atoms with E-state index in [1.54, 1.807) is 0 Å². The summed E-state index contributed by atoms with van der Waals surface area (Å²) in [7, 11) is 0. The van der Waals surface area contributed by atoms with Gasteiger partial charge in [0.25, 0.3) is 0 Å². The Morgan fingerprint density at radius 2 is 0.904 bits per heavy atom. The molecule has 0 saturated heterocycles. The predicted octanol–water partition coefficient (Wildman–Crippen LogP) is 14.2. The minimum absolute atomic E-state index is 0.841. The summed E-state index contributed by atoms with van der Waals surface area (Å²) in [6.45, 7) is 0. The number of anilines is 3. The molecule has 0 radical (unpaired) electrons. The standard InChI is InChI=1S/C48H29NO3/c1-3-12-31(13-4-1)49(32-14-5-2-6-15-32)33-25-26-36-41-28-30(24-27-43(41)50-45(36)29-33)34-17-9-21-40-46-37(18-11-23-44(46)52-47(34)40)39-20-10-19-38-35-16-7-8-22-42(35)51-48(38)39/h1-29H. The highest BCUT2D eigenvalue weighted by atomic mass is 16.3. The van der Waals surface area contributed by atoms with E-state index >= 15 is 0 Å². The van der Waals surface area contributed by atoms with E-state index in [2.05, 4.69) is 157 Å². The molecule has 0 aliphatic carbocycles. The second-order valence-electron chi connectivity index (χ2n) is 13.2. The zero-order valence-corrected chi connectivity index (χ0v) is 27.9. The summed E-state index contributed by atoms with van der Waals surface area (Å²) >= 11 is 0. The van der Waals surface area contributed by atoms with Crippen LogP contribution >= 0.6 is 0 Å². The van der Waals surface area contributed by atoms with Gasteiger partial charge >= 0.3 is 0 Å². The number of nitrogens with zero attached hydrogens (tertiary/aromatic N) is 1. The van der Waals surface area contributed by atoms with E-state index in [0.717, 1.165) is 105 Å². The zero-order valence-electron chi connectivity index (χ0n) is 27.9. The monoisotopic (exact) mass is 667 g/mol. The molecule has 52 heavy (non-hydrogen) atoms.